The van der Waals surface area contributed by atoms with Gasteiger partial charge >= 0.3 is 5.97 Å². The van der Waals surface area contributed by atoms with Gasteiger partial charge < -0.3 is 5.11 Å². The molecular weight excluding hydrogens is 312 g/mol. The maximum Gasteiger partial charge on any atom is 0.336 e. The second kappa shape index (κ2) is 5.55. The number of carbonyl (C=O) groups is 2. The zero-order chi connectivity index (χ0) is 18.6. The second-order valence-corrected chi connectivity index (χ2v) is 8.11. The molecule has 1 atom stereocenters. The lowest BCUT2D eigenvalue weighted by Crippen LogP contribution is -2.30. The van der Waals surface area contributed by atoms with Gasteiger partial charge in [0, 0.05) is 11.1 Å². The van der Waals surface area contributed by atoms with Crippen molar-refractivity contribution in [2.45, 2.75) is 45.4 Å². The lowest BCUT2D eigenvalue weighted by atomic mass is 9.71. The summed E-state index contributed by atoms with van der Waals surface area (Å²) >= 11 is 0. The first-order valence-electron chi connectivity index (χ1n) is 8.60. The maximum absolute atomic E-state index is 13.0. The molecule has 1 N–H and O–H groups in total. The predicted molar refractivity (Wildman–Crippen MR) is 98.5 cm³/mol. The summed E-state index contributed by atoms with van der Waals surface area (Å²) in [5, 5.41) is 9.35. The summed E-state index contributed by atoms with van der Waals surface area (Å²) in [6, 6.07) is 12.2. The first-order chi connectivity index (χ1) is 11.6. The van der Waals surface area contributed by atoms with Crippen LogP contribution in [0.15, 0.2) is 42.5 Å². The zero-order valence-electron chi connectivity index (χ0n) is 15.4. The number of carbonyl (C=O) groups excluding carboxylic acids is 1. The summed E-state index contributed by atoms with van der Waals surface area (Å²) in [6.07, 6.45) is 0. The average molecular weight is 336 g/mol. The number of carboxylic acids is 1. The topological polar surface area (TPSA) is 54.4 Å². The fraction of sp³-hybridized carbons (Fsp3) is 0.364. The average Bonchev–Trinajstić information content (AvgIpc) is 2.72. The Kier molecular flexibility index (Phi) is 3.86. The van der Waals surface area contributed by atoms with Crippen molar-refractivity contribution in [1.82, 2.24) is 0 Å². The molecule has 25 heavy (non-hydrogen) atoms. The van der Waals surface area contributed by atoms with Gasteiger partial charge in [-0.3, -0.25) is 4.79 Å². The summed E-state index contributed by atoms with van der Waals surface area (Å²) in [5.74, 6) is -0.888. The lowest BCUT2D eigenvalue weighted by molar-refractivity contribution is 0.0693. The summed E-state index contributed by atoms with van der Waals surface area (Å²) in [4.78, 5) is 24.4. The van der Waals surface area contributed by atoms with E-state index in [1.807, 2.05) is 18.2 Å². The van der Waals surface area contributed by atoms with Crippen molar-refractivity contribution >= 4 is 11.8 Å². The number of hydrogen-bond donors (Lipinski definition) is 1. The van der Waals surface area contributed by atoms with Gasteiger partial charge in [-0.25, -0.2) is 4.79 Å². The van der Waals surface area contributed by atoms with Crippen LogP contribution in [0, 0.1) is 5.92 Å². The Morgan fingerprint density at radius 3 is 2.04 bits per heavy atom. The van der Waals surface area contributed by atoms with E-state index in [-0.39, 0.29) is 27.7 Å². The Morgan fingerprint density at radius 1 is 0.880 bits per heavy atom. The molecule has 1 aliphatic rings. The van der Waals surface area contributed by atoms with Gasteiger partial charge in [0.2, 0.25) is 0 Å². The molecule has 3 rings (SSSR count). The highest BCUT2D eigenvalue weighted by Crippen LogP contribution is 2.53. The molecule has 0 heterocycles. The number of carboxylic acid groups (broad SMARTS) is 1. The molecule has 0 saturated heterocycles. The van der Waals surface area contributed by atoms with Crippen LogP contribution in [-0.4, -0.2) is 16.9 Å². The minimum atomic E-state index is -1.08. The van der Waals surface area contributed by atoms with Crippen molar-refractivity contribution in [2.75, 3.05) is 0 Å². The van der Waals surface area contributed by atoms with E-state index in [1.54, 1.807) is 18.2 Å². The van der Waals surface area contributed by atoms with E-state index in [2.05, 4.69) is 34.6 Å². The molecule has 2 aromatic carbocycles. The molecular formula is C22H24O3. The van der Waals surface area contributed by atoms with E-state index in [1.165, 1.54) is 17.2 Å². The third-order valence-electron chi connectivity index (χ3n) is 6.24. The quantitative estimate of drug-likeness (QED) is 0.818. The zero-order valence-corrected chi connectivity index (χ0v) is 15.4. The number of ketones is 1. The maximum atomic E-state index is 13.0. The minimum Gasteiger partial charge on any atom is -0.478 e. The molecule has 0 fully saturated rings. The highest BCUT2D eigenvalue weighted by atomic mass is 16.4. The number of rotatable bonds is 3. The smallest absolute Gasteiger partial charge is 0.336 e. The van der Waals surface area contributed by atoms with Crippen LogP contribution in [0.4, 0.5) is 0 Å². The lowest BCUT2D eigenvalue weighted by Gasteiger charge is -2.32. The monoisotopic (exact) mass is 336 g/mol. The first-order valence-corrected chi connectivity index (χ1v) is 8.60. The number of aromatic carboxylic acids is 1. The van der Waals surface area contributed by atoms with Gasteiger partial charge in [0.1, 0.15) is 0 Å². The number of fused-ring (bicyclic) bond motifs is 1. The summed E-state index contributed by atoms with van der Waals surface area (Å²) in [7, 11) is 0. The molecule has 0 aromatic heterocycles. The van der Waals surface area contributed by atoms with Crippen molar-refractivity contribution in [3.63, 3.8) is 0 Å². The summed E-state index contributed by atoms with van der Waals surface area (Å²) in [6.45, 7) is 11.2. The highest BCUT2D eigenvalue weighted by molar-refractivity contribution is 6.14. The molecule has 0 aliphatic heterocycles. The summed E-state index contributed by atoms with van der Waals surface area (Å²) < 4.78 is 0. The molecule has 0 radical (unpaired) electrons. The normalized spacial score (nSPS) is 20.1. The van der Waals surface area contributed by atoms with Crippen LogP contribution in [0.2, 0.25) is 0 Å². The fourth-order valence-electron chi connectivity index (χ4n) is 4.17. The molecule has 0 spiro atoms. The first kappa shape index (κ1) is 17.4. The van der Waals surface area contributed by atoms with Crippen LogP contribution < -0.4 is 0 Å². The van der Waals surface area contributed by atoms with Crippen LogP contribution in [0.25, 0.3) is 0 Å². The van der Waals surface area contributed by atoms with E-state index in [0.717, 1.165) is 0 Å². The Labute approximate surface area is 148 Å². The van der Waals surface area contributed by atoms with E-state index in [0.29, 0.717) is 11.5 Å². The molecule has 0 amide bonds. The molecule has 3 nitrogen and oxygen atoms in total. The van der Waals surface area contributed by atoms with E-state index in [4.69, 9.17) is 0 Å². The minimum absolute atomic E-state index is 0.0402. The van der Waals surface area contributed by atoms with Gasteiger partial charge in [-0.05, 0) is 40.0 Å². The third-order valence-corrected chi connectivity index (χ3v) is 6.24. The van der Waals surface area contributed by atoms with Crippen molar-refractivity contribution in [3.8, 4) is 0 Å². The van der Waals surface area contributed by atoms with Crippen LogP contribution >= 0.6 is 0 Å². The second-order valence-electron chi connectivity index (χ2n) is 8.11. The number of benzene rings is 2. The van der Waals surface area contributed by atoms with Crippen molar-refractivity contribution < 1.29 is 14.7 Å². The SMILES string of the molecule is CC1C(C)(C)c2ccc(C(=O)c3ccccc3C(=O)O)cc2C1(C)C. The molecule has 1 unspecified atom stereocenters. The molecule has 2 aromatic rings. The van der Waals surface area contributed by atoms with Gasteiger partial charge in [-0.1, -0.05) is 65.0 Å². The van der Waals surface area contributed by atoms with Gasteiger partial charge in [0.25, 0.3) is 0 Å². The van der Waals surface area contributed by atoms with Crippen LogP contribution in [0.1, 0.15) is 72.0 Å². The fourth-order valence-corrected chi connectivity index (χ4v) is 4.17. The van der Waals surface area contributed by atoms with Gasteiger partial charge in [0.15, 0.2) is 5.78 Å². The van der Waals surface area contributed by atoms with Crippen LogP contribution in [0.5, 0.6) is 0 Å². The Morgan fingerprint density at radius 2 is 1.44 bits per heavy atom. The molecule has 1 aliphatic carbocycles. The van der Waals surface area contributed by atoms with E-state index in [9.17, 15) is 14.7 Å². The van der Waals surface area contributed by atoms with Crippen LogP contribution in [-0.2, 0) is 10.8 Å². The number of hydrogen-bond acceptors (Lipinski definition) is 2. The molecule has 0 saturated carbocycles. The largest absolute Gasteiger partial charge is 0.478 e. The molecule has 0 bridgehead atoms. The van der Waals surface area contributed by atoms with E-state index >= 15 is 0 Å². The van der Waals surface area contributed by atoms with E-state index < -0.39 is 5.97 Å². The van der Waals surface area contributed by atoms with Crippen LogP contribution in [0.3, 0.4) is 0 Å². The Balaban J connectivity index is 2.13. The van der Waals surface area contributed by atoms with Crippen molar-refractivity contribution in [2.24, 2.45) is 5.92 Å². The van der Waals surface area contributed by atoms with Gasteiger partial charge in [-0.2, -0.15) is 0 Å². The van der Waals surface area contributed by atoms with Crippen molar-refractivity contribution in [3.05, 3.63) is 70.3 Å². The molecule has 3 heteroatoms. The predicted octanol–water partition coefficient (Wildman–Crippen LogP) is 4.82. The Bertz CT molecular complexity index is 875. The van der Waals surface area contributed by atoms with Crippen molar-refractivity contribution in [1.29, 1.82) is 0 Å². The van der Waals surface area contributed by atoms with Gasteiger partial charge in [0.05, 0.1) is 5.56 Å². The Hall–Kier alpha value is -2.42. The third kappa shape index (κ3) is 2.50. The van der Waals surface area contributed by atoms with Gasteiger partial charge in [-0.15, -0.1) is 0 Å². The molecule has 130 valence electrons. The standard InChI is InChI=1S/C22H24O3/c1-13-21(2,3)17-11-10-14(12-18(17)22(13,4)5)19(23)15-8-6-7-9-16(15)20(24)25/h6-13H,1-5H3,(H,24,25). The summed E-state index contributed by atoms with van der Waals surface area (Å²) in [5.41, 5.74) is 3.28. The highest BCUT2D eigenvalue weighted by Gasteiger charge is 2.48.